The maximum Gasteiger partial charge on any atom is 0.321 e. The second-order valence-corrected chi connectivity index (χ2v) is 7.55. The van der Waals surface area contributed by atoms with Crippen LogP contribution in [0.1, 0.15) is 0 Å². The lowest BCUT2D eigenvalue weighted by atomic mass is 10.2. The molecule has 0 saturated carbocycles. The topological polar surface area (TPSA) is 61.4 Å². The predicted molar refractivity (Wildman–Crippen MR) is 112 cm³/mol. The van der Waals surface area contributed by atoms with Gasteiger partial charge in [0.15, 0.2) is 0 Å². The van der Waals surface area contributed by atoms with E-state index < -0.39 is 0 Å². The highest BCUT2D eigenvalue weighted by Crippen LogP contribution is 2.26. The van der Waals surface area contributed by atoms with Crippen LogP contribution in [0.4, 0.5) is 20.6 Å². The van der Waals surface area contributed by atoms with Crippen molar-refractivity contribution >= 4 is 29.2 Å². The molecule has 3 aromatic rings. The Hall–Kier alpha value is -3.13. The van der Waals surface area contributed by atoms with Gasteiger partial charge in [0, 0.05) is 44.3 Å². The normalized spacial score (nSPS) is 14.0. The molecule has 1 aliphatic rings. The molecule has 0 aliphatic carbocycles. The van der Waals surface area contributed by atoms with Gasteiger partial charge in [-0.25, -0.2) is 19.2 Å². The molecule has 4 rings (SSSR count). The van der Waals surface area contributed by atoms with E-state index in [1.165, 1.54) is 17.8 Å². The number of urea groups is 1. The van der Waals surface area contributed by atoms with Crippen molar-refractivity contribution in [3.05, 3.63) is 72.8 Å². The van der Waals surface area contributed by atoms with Gasteiger partial charge in [0.1, 0.15) is 15.9 Å². The second kappa shape index (κ2) is 8.91. The van der Waals surface area contributed by atoms with Gasteiger partial charge in [0.05, 0.1) is 5.69 Å². The lowest BCUT2D eigenvalue weighted by molar-refractivity contribution is 0.208. The molecule has 2 amide bonds. The molecular formula is C21H20FN5OS. The fourth-order valence-electron chi connectivity index (χ4n) is 3.12. The number of para-hydroxylation sites is 1. The third-order valence-electron chi connectivity index (χ3n) is 4.59. The molecule has 148 valence electrons. The number of benzene rings is 1. The number of carbonyl (C=O) groups is 1. The average molecular weight is 409 g/mol. The van der Waals surface area contributed by atoms with E-state index in [4.69, 9.17) is 0 Å². The number of halogens is 1. The van der Waals surface area contributed by atoms with Crippen LogP contribution in [-0.2, 0) is 0 Å². The van der Waals surface area contributed by atoms with Crippen molar-refractivity contribution in [1.82, 2.24) is 14.9 Å². The first-order chi connectivity index (χ1) is 14.2. The summed E-state index contributed by atoms with van der Waals surface area (Å²) in [5.41, 5.74) is 1.26. The van der Waals surface area contributed by atoms with Gasteiger partial charge in [-0.3, -0.25) is 0 Å². The standard InChI is InChI=1S/C21H20FN5OS/c22-17-5-1-2-6-18(17)26-11-13-27(14-12-26)21(28)25-16-8-10-24-20(15-16)29-19-7-3-4-9-23-19/h1-10,15H,11-14H2,(H,24,25,28). The Morgan fingerprint density at radius 1 is 0.931 bits per heavy atom. The summed E-state index contributed by atoms with van der Waals surface area (Å²) in [7, 11) is 0. The van der Waals surface area contributed by atoms with Crippen LogP contribution < -0.4 is 10.2 Å². The van der Waals surface area contributed by atoms with Gasteiger partial charge in [-0.05, 0) is 36.4 Å². The number of aromatic nitrogens is 2. The largest absolute Gasteiger partial charge is 0.366 e. The van der Waals surface area contributed by atoms with Gasteiger partial charge in [-0.2, -0.15) is 0 Å². The summed E-state index contributed by atoms with van der Waals surface area (Å²) in [6.07, 6.45) is 3.39. The predicted octanol–water partition coefficient (Wildman–Crippen LogP) is 4.12. The molecule has 0 radical (unpaired) electrons. The number of pyridine rings is 2. The first kappa shape index (κ1) is 19.2. The molecule has 29 heavy (non-hydrogen) atoms. The van der Waals surface area contributed by atoms with Crippen molar-refractivity contribution in [1.29, 1.82) is 0 Å². The monoisotopic (exact) mass is 409 g/mol. The number of nitrogens with one attached hydrogen (secondary N) is 1. The molecule has 1 aliphatic heterocycles. The van der Waals surface area contributed by atoms with E-state index in [1.54, 1.807) is 35.5 Å². The highest BCUT2D eigenvalue weighted by molar-refractivity contribution is 7.99. The van der Waals surface area contributed by atoms with Crippen molar-refractivity contribution in [3.8, 4) is 0 Å². The van der Waals surface area contributed by atoms with E-state index in [9.17, 15) is 9.18 Å². The smallest absolute Gasteiger partial charge is 0.321 e. The van der Waals surface area contributed by atoms with Crippen LogP contribution in [0.15, 0.2) is 77.0 Å². The summed E-state index contributed by atoms with van der Waals surface area (Å²) in [5.74, 6) is -0.236. The fourth-order valence-corrected chi connectivity index (χ4v) is 3.89. The molecule has 2 aromatic heterocycles. The van der Waals surface area contributed by atoms with E-state index >= 15 is 0 Å². The molecule has 0 spiro atoms. The summed E-state index contributed by atoms with van der Waals surface area (Å²) in [6.45, 7) is 2.23. The van der Waals surface area contributed by atoms with Gasteiger partial charge in [0.25, 0.3) is 0 Å². The summed E-state index contributed by atoms with van der Waals surface area (Å²) in [5, 5.41) is 4.52. The Balaban J connectivity index is 1.34. The maximum absolute atomic E-state index is 14.0. The minimum atomic E-state index is -0.236. The van der Waals surface area contributed by atoms with Gasteiger partial charge >= 0.3 is 6.03 Å². The SMILES string of the molecule is O=C(Nc1ccnc(Sc2ccccn2)c1)N1CCN(c2ccccc2F)CC1. The molecule has 1 N–H and O–H groups in total. The van der Waals surface area contributed by atoms with E-state index in [2.05, 4.69) is 15.3 Å². The number of hydrogen-bond acceptors (Lipinski definition) is 5. The second-order valence-electron chi connectivity index (χ2n) is 6.51. The van der Waals surface area contributed by atoms with E-state index in [1.807, 2.05) is 35.2 Å². The Kier molecular flexibility index (Phi) is 5.90. The molecule has 8 heteroatoms. The minimum Gasteiger partial charge on any atom is -0.366 e. The quantitative estimate of drug-likeness (QED) is 0.702. The third kappa shape index (κ3) is 4.83. The number of nitrogens with zero attached hydrogens (tertiary/aromatic N) is 4. The number of anilines is 2. The van der Waals surface area contributed by atoms with E-state index in [0.29, 0.717) is 37.6 Å². The van der Waals surface area contributed by atoms with Crippen LogP contribution in [-0.4, -0.2) is 47.1 Å². The summed E-state index contributed by atoms with van der Waals surface area (Å²) < 4.78 is 14.0. The molecule has 1 saturated heterocycles. The fraction of sp³-hybridized carbons (Fsp3) is 0.190. The van der Waals surface area contributed by atoms with Crippen LogP contribution >= 0.6 is 11.8 Å². The first-order valence-corrected chi connectivity index (χ1v) is 10.1. The molecule has 3 heterocycles. The van der Waals surface area contributed by atoms with Crippen LogP contribution in [0, 0.1) is 5.82 Å². The van der Waals surface area contributed by atoms with Crippen molar-refractivity contribution in [2.24, 2.45) is 0 Å². The highest BCUT2D eigenvalue weighted by atomic mass is 32.2. The molecule has 1 aromatic carbocycles. The summed E-state index contributed by atoms with van der Waals surface area (Å²) >= 11 is 1.43. The first-order valence-electron chi connectivity index (χ1n) is 9.29. The highest BCUT2D eigenvalue weighted by Gasteiger charge is 2.22. The number of piperazine rings is 1. The van der Waals surface area contributed by atoms with Crippen molar-refractivity contribution in [2.75, 3.05) is 36.4 Å². The van der Waals surface area contributed by atoms with Crippen LogP contribution in [0.3, 0.4) is 0 Å². The number of carbonyl (C=O) groups excluding carboxylic acids is 1. The van der Waals surface area contributed by atoms with Crippen molar-refractivity contribution in [3.63, 3.8) is 0 Å². The van der Waals surface area contributed by atoms with Gasteiger partial charge < -0.3 is 15.1 Å². The Morgan fingerprint density at radius 3 is 2.45 bits per heavy atom. The van der Waals surface area contributed by atoms with Gasteiger partial charge in [-0.15, -0.1) is 0 Å². The molecule has 1 fully saturated rings. The zero-order valence-electron chi connectivity index (χ0n) is 15.7. The van der Waals surface area contributed by atoms with Crippen LogP contribution in [0.2, 0.25) is 0 Å². The van der Waals surface area contributed by atoms with Crippen LogP contribution in [0.25, 0.3) is 0 Å². The molecular weight excluding hydrogens is 389 g/mol. The zero-order chi connectivity index (χ0) is 20.1. The minimum absolute atomic E-state index is 0.168. The van der Waals surface area contributed by atoms with Gasteiger partial charge in [-0.1, -0.05) is 30.0 Å². The zero-order valence-corrected chi connectivity index (χ0v) is 16.5. The molecule has 0 atom stereocenters. The summed E-state index contributed by atoms with van der Waals surface area (Å²) in [6, 6.07) is 15.8. The van der Waals surface area contributed by atoms with Crippen molar-refractivity contribution < 1.29 is 9.18 Å². The Bertz CT molecular complexity index is 980. The Morgan fingerprint density at radius 2 is 1.69 bits per heavy atom. The van der Waals surface area contributed by atoms with E-state index in [0.717, 1.165) is 10.1 Å². The molecule has 0 bridgehead atoms. The van der Waals surface area contributed by atoms with E-state index in [-0.39, 0.29) is 11.8 Å². The average Bonchev–Trinajstić information content (AvgIpc) is 2.75. The van der Waals surface area contributed by atoms with Crippen LogP contribution in [0.5, 0.6) is 0 Å². The lowest BCUT2D eigenvalue weighted by Crippen LogP contribution is -2.50. The van der Waals surface area contributed by atoms with Gasteiger partial charge in [0.2, 0.25) is 0 Å². The number of hydrogen-bond donors (Lipinski definition) is 1. The van der Waals surface area contributed by atoms with Crippen molar-refractivity contribution in [2.45, 2.75) is 10.1 Å². The maximum atomic E-state index is 14.0. The summed E-state index contributed by atoms with van der Waals surface area (Å²) in [4.78, 5) is 24.9. The number of rotatable bonds is 4. The molecule has 0 unspecified atom stereocenters. The lowest BCUT2D eigenvalue weighted by Gasteiger charge is -2.36. The number of amides is 2. The third-order valence-corrected chi connectivity index (χ3v) is 5.48. The Labute approximate surface area is 172 Å². The molecule has 6 nitrogen and oxygen atoms in total.